The fourth-order valence-corrected chi connectivity index (χ4v) is 4.18. The monoisotopic (exact) mass is 499 g/mol. The van der Waals surface area contributed by atoms with Crippen LogP contribution in [0.3, 0.4) is 0 Å². The molecule has 36 heavy (non-hydrogen) atoms. The molecule has 0 bridgehead atoms. The number of aliphatic hydroxyl groups is 1. The van der Waals surface area contributed by atoms with Gasteiger partial charge in [-0.15, -0.1) is 0 Å². The van der Waals surface area contributed by atoms with Crippen LogP contribution in [0.15, 0.2) is 28.8 Å². The topological polar surface area (TPSA) is 115 Å². The van der Waals surface area contributed by atoms with Crippen molar-refractivity contribution in [1.82, 2.24) is 20.4 Å². The zero-order valence-corrected chi connectivity index (χ0v) is 21.2. The number of rotatable bonds is 10. The molecule has 2 aromatic heterocycles. The van der Waals surface area contributed by atoms with Gasteiger partial charge in [0.15, 0.2) is 5.82 Å². The number of hydrogen-bond donors (Lipinski definition) is 3. The molecule has 1 aromatic carbocycles. The Labute approximate surface area is 210 Å². The van der Waals surface area contributed by atoms with E-state index in [1.165, 1.54) is 0 Å². The van der Waals surface area contributed by atoms with Gasteiger partial charge in [0.05, 0.1) is 29.6 Å². The van der Waals surface area contributed by atoms with Crippen LogP contribution in [0, 0.1) is 20.8 Å². The average Bonchev–Trinajstić information content (AvgIpc) is 3.21. The molecular formula is C26H34FN5O4. The Bertz CT molecular complexity index is 1150. The van der Waals surface area contributed by atoms with Gasteiger partial charge < -0.3 is 29.7 Å². The van der Waals surface area contributed by atoms with Gasteiger partial charge in [-0.3, -0.25) is 0 Å². The zero-order valence-electron chi connectivity index (χ0n) is 21.2. The highest BCUT2D eigenvalue weighted by Crippen LogP contribution is 2.34. The lowest BCUT2D eigenvalue weighted by molar-refractivity contribution is 0.0285. The third-order valence-corrected chi connectivity index (χ3v) is 6.19. The van der Waals surface area contributed by atoms with E-state index in [2.05, 4.69) is 15.8 Å². The Morgan fingerprint density at radius 3 is 2.81 bits per heavy atom. The number of nitrogens with zero attached hydrogens (tertiary/aromatic N) is 3. The van der Waals surface area contributed by atoms with Crippen molar-refractivity contribution >= 4 is 5.82 Å². The number of hydrogen-bond acceptors (Lipinski definition) is 9. The summed E-state index contributed by atoms with van der Waals surface area (Å²) in [6, 6.07) is 6.98. The second-order valence-electron chi connectivity index (χ2n) is 9.00. The summed E-state index contributed by atoms with van der Waals surface area (Å²) in [4.78, 5) is 9.65. The van der Waals surface area contributed by atoms with Crippen molar-refractivity contribution in [1.29, 1.82) is 0 Å². The van der Waals surface area contributed by atoms with Crippen LogP contribution in [0.25, 0.3) is 22.6 Å². The maximum absolute atomic E-state index is 14.6. The normalized spacial score (nSPS) is 18.7. The molecule has 1 fully saturated rings. The van der Waals surface area contributed by atoms with E-state index in [1.807, 2.05) is 52.0 Å². The van der Waals surface area contributed by atoms with Crippen molar-refractivity contribution in [3.63, 3.8) is 0 Å². The standard InChI is InChI=1S/C26H34FN5O4/c1-5-28-12-19(33)13-35-20-8-6-7-18(11-20)26-30-24(23-16(3)32-36-17(23)4)15(2)25(31-26)29-22-9-10-34-14-21(22)27/h6-8,11,19,21-22,28,33H,5,9-10,12-14H2,1-4H3,(H,29,30,31). The highest BCUT2D eigenvalue weighted by molar-refractivity contribution is 5.74. The van der Waals surface area contributed by atoms with E-state index in [-0.39, 0.29) is 13.2 Å². The average molecular weight is 500 g/mol. The molecule has 194 valence electrons. The Morgan fingerprint density at radius 1 is 1.25 bits per heavy atom. The molecule has 9 nitrogen and oxygen atoms in total. The highest BCUT2D eigenvalue weighted by atomic mass is 19.1. The second-order valence-corrected chi connectivity index (χ2v) is 9.00. The van der Waals surface area contributed by atoms with Crippen LogP contribution in [0.2, 0.25) is 0 Å². The van der Waals surface area contributed by atoms with Crippen LogP contribution in [0.4, 0.5) is 10.2 Å². The summed E-state index contributed by atoms with van der Waals surface area (Å²) in [6.07, 6.45) is -1.22. The molecule has 1 aliphatic rings. The van der Waals surface area contributed by atoms with Crippen LogP contribution >= 0.6 is 0 Å². The number of likely N-dealkylation sites (N-methyl/N-ethyl adjacent to an activating group) is 1. The van der Waals surface area contributed by atoms with E-state index in [4.69, 9.17) is 24.0 Å². The second kappa shape index (κ2) is 11.8. The predicted octanol–water partition coefficient (Wildman–Crippen LogP) is 3.61. The van der Waals surface area contributed by atoms with E-state index in [1.54, 1.807) is 0 Å². The molecule has 0 saturated carbocycles. The van der Waals surface area contributed by atoms with Gasteiger partial charge in [0.25, 0.3) is 0 Å². The lowest BCUT2D eigenvalue weighted by atomic mass is 10.0. The largest absolute Gasteiger partial charge is 0.491 e. The Balaban J connectivity index is 1.69. The quantitative estimate of drug-likeness (QED) is 0.385. The Kier molecular flexibility index (Phi) is 8.50. The lowest BCUT2D eigenvalue weighted by Crippen LogP contribution is -2.39. The molecule has 3 N–H and O–H groups in total. The number of anilines is 1. The van der Waals surface area contributed by atoms with Gasteiger partial charge in [0.2, 0.25) is 0 Å². The minimum Gasteiger partial charge on any atom is -0.491 e. The van der Waals surface area contributed by atoms with Crippen molar-refractivity contribution in [3.8, 4) is 28.4 Å². The van der Waals surface area contributed by atoms with Crippen molar-refractivity contribution in [2.75, 3.05) is 38.2 Å². The van der Waals surface area contributed by atoms with Gasteiger partial charge in [-0.05, 0) is 45.9 Å². The molecule has 4 rings (SSSR count). The van der Waals surface area contributed by atoms with Gasteiger partial charge in [-0.25, -0.2) is 14.4 Å². The molecule has 0 amide bonds. The third kappa shape index (κ3) is 6.00. The van der Waals surface area contributed by atoms with Crippen LogP contribution < -0.4 is 15.4 Å². The summed E-state index contributed by atoms with van der Waals surface area (Å²) >= 11 is 0. The first-order valence-corrected chi connectivity index (χ1v) is 12.3. The maximum Gasteiger partial charge on any atom is 0.162 e. The van der Waals surface area contributed by atoms with E-state index in [0.717, 1.165) is 23.2 Å². The van der Waals surface area contributed by atoms with Crippen LogP contribution in [0.1, 0.15) is 30.4 Å². The predicted molar refractivity (Wildman–Crippen MR) is 135 cm³/mol. The first-order valence-electron chi connectivity index (χ1n) is 12.3. The van der Waals surface area contributed by atoms with Crippen LogP contribution in [-0.4, -0.2) is 71.5 Å². The minimum absolute atomic E-state index is 0.0599. The molecule has 3 unspecified atom stereocenters. The van der Waals surface area contributed by atoms with E-state index in [9.17, 15) is 9.50 Å². The highest BCUT2D eigenvalue weighted by Gasteiger charge is 2.28. The number of aryl methyl sites for hydroxylation is 2. The van der Waals surface area contributed by atoms with Gasteiger partial charge in [0.1, 0.15) is 36.2 Å². The molecule has 0 aliphatic carbocycles. The first-order chi connectivity index (χ1) is 17.4. The minimum atomic E-state index is -1.13. The van der Waals surface area contributed by atoms with Gasteiger partial charge >= 0.3 is 0 Å². The molecule has 0 spiro atoms. The van der Waals surface area contributed by atoms with E-state index >= 15 is 0 Å². The number of ether oxygens (including phenoxy) is 2. The summed E-state index contributed by atoms with van der Waals surface area (Å²) < 4.78 is 31.0. The van der Waals surface area contributed by atoms with Crippen LogP contribution in [0.5, 0.6) is 5.75 Å². The fraction of sp³-hybridized carbons (Fsp3) is 0.500. The van der Waals surface area contributed by atoms with Crippen LogP contribution in [-0.2, 0) is 4.74 Å². The molecule has 1 saturated heterocycles. The number of halogens is 1. The maximum atomic E-state index is 14.6. The Hall–Kier alpha value is -3.08. The van der Waals surface area contributed by atoms with Gasteiger partial charge in [-0.1, -0.05) is 24.2 Å². The summed E-state index contributed by atoms with van der Waals surface area (Å²) in [5.41, 5.74) is 3.70. The summed E-state index contributed by atoms with van der Waals surface area (Å²) in [7, 11) is 0. The van der Waals surface area contributed by atoms with Gasteiger partial charge in [0, 0.05) is 24.3 Å². The van der Waals surface area contributed by atoms with Crippen molar-refractivity contribution < 1.29 is 23.5 Å². The summed E-state index contributed by atoms with van der Waals surface area (Å²) in [5.74, 6) is 2.25. The van der Waals surface area contributed by atoms with Crippen molar-refractivity contribution in [3.05, 3.63) is 41.3 Å². The van der Waals surface area contributed by atoms with Crippen molar-refractivity contribution in [2.24, 2.45) is 0 Å². The molecular weight excluding hydrogens is 465 g/mol. The SMILES string of the molecule is CCNCC(O)COc1cccc(-c2nc(NC3CCOCC3F)c(C)c(-c3c(C)noc3C)n2)c1. The summed E-state index contributed by atoms with van der Waals surface area (Å²) in [6.45, 7) is 9.53. The Morgan fingerprint density at radius 2 is 2.08 bits per heavy atom. The number of aromatic nitrogens is 3. The van der Waals surface area contributed by atoms with Gasteiger partial charge in [-0.2, -0.15) is 0 Å². The number of alkyl halides is 1. The molecule has 3 atom stereocenters. The summed E-state index contributed by atoms with van der Waals surface area (Å²) in [5, 5.41) is 20.6. The molecule has 0 radical (unpaired) electrons. The number of nitrogens with one attached hydrogen (secondary N) is 2. The fourth-order valence-electron chi connectivity index (χ4n) is 4.18. The molecule has 1 aliphatic heterocycles. The lowest BCUT2D eigenvalue weighted by Gasteiger charge is -2.28. The smallest absolute Gasteiger partial charge is 0.162 e. The van der Waals surface area contributed by atoms with Crippen molar-refractivity contribution in [2.45, 2.75) is 52.4 Å². The third-order valence-electron chi connectivity index (χ3n) is 6.19. The van der Waals surface area contributed by atoms with E-state index < -0.39 is 18.3 Å². The number of aliphatic hydroxyl groups excluding tert-OH is 1. The molecule has 3 aromatic rings. The molecule has 3 heterocycles. The van der Waals surface area contributed by atoms with E-state index in [0.29, 0.717) is 54.1 Å². The number of benzene rings is 1. The zero-order chi connectivity index (χ0) is 25.7. The first kappa shape index (κ1) is 26.0. The molecule has 10 heteroatoms.